The molecule has 0 saturated heterocycles. The molecular weight excluding hydrogens is 206 g/mol. The Morgan fingerprint density at radius 1 is 1.50 bits per heavy atom. The number of nitrogens with one attached hydrogen (secondary N) is 3. The lowest BCUT2D eigenvalue weighted by Gasteiger charge is -2.05. The summed E-state index contributed by atoms with van der Waals surface area (Å²) in [4.78, 5) is 21.6. The highest BCUT2D eigenvalue weighted by atomic mass is 16.1. The van der Waals surface area contributed by atoms with Gasteiger partial charge in [0.25, 0.3) is 5.56 Å². The number of aromatic amines is 1. The molecule has 0 saturated carbocycles. The summed E-state index contributed by atoms with van der Waals surface area (Å²) >= 11 is 0. The Kier molecular flexibility index (Phi) is 2.73. The Labute approximate surface area is 90.9 Å². The van der Waals surface area contributed by atoms with E-state index in [9.17, 15) is 4.79 Å². The minimum atomic E-state index is -0.351. The first-order valence-electron chi connectivity index (χ1n) is 4.56. The van der Waals surface area contributed by atoms with Crippen LogP contribution in [0.1, 0.15) is 5.56 Å². The van der Waals surface area contributed by atoms with E-state index < -0.39 is 0 Å². The number of hydrogen-bond donors (Lipinski definition) is 3. The van der Waals surface area contributed by atoms with Gasteiger partial charge in [0.2, 0.25) is 0 Å². The molecule has 2 aromatic heterocycles. The molecule has 0 amide bonds. The van der Waals surface area contributed by atoms with E-state index in [1.165, 1.54) is 6.33 Å². The highest BCUT2D eigenvalue weighted by Gasteiger charge is 2.05. The molecule has 0 aliphatic carbocycles. The fourth-order valence-electron chi connectivity index (χ4n) is 1.22. The Hall–Kier alpha value is -2.50. The molecule has 0 spiro atoms. The molecule has 0 atom stereocenters. The third kappa shape index (κ3) is 1.95. The molecule has 16 heavy (non-hydrogen) atoms. The predicted octanol–water partition coefficient (Wildman–Crippen LogP) is 0.906. The maximum atomic E-state index is 11.4. The van der Waals surface area contributed by atoms with Crippen molar-refractivity contribution in [1.82, 2.24) is 15.0 Å². The number of aromatic nitrogens is 3. The van der Waals surface area contributed by atoms with Crippen LogP contribution in [-0.2, 0) is 0 Å². The van der Waals surface area contributed by atoms with Crippen molar-refractivity contribution in [2.24, 2.45) is 0 Å². The van der Waals surface area contributed by atoms with Crippen molar-refractivity contribution < 1.29 is 0 Å². The SMILES string of the molecule is N=Cc1c(Nc2cccnc2)nc[nH]c1=O. The Balaban J connectivity index is 2.39. The molecule has 0 aliphatic rings. The first-order valence-corrected chi connectivity index (χ1v) is 4.56. The molecular formula is C10H9N5O. The topological polar surface area (TPSA) is 94.5 Å². The second kappa shape index (κ2) is 4.35. The van der Waals surface area contributed by atoms with Gasteiger partial charge in [-0.1, -0.05) is 0 Å². The lowest BCUT2D eigenvalue weighted by molar-refractivity contribution is 1.11. The summed E-state index contributed by atoms with van der Waals surface area (Å²) in [5, 5.41) is 10.1. The fourth-order valence-corrected chi connectivity index (χ4v) is 1.22. The number of H-pyrrole nitrogens is 1. The van der Waals surface area contributed by atoms with Gasteiger partial charge in [0.05, 0.1) is 23.8 Å². The van der Waals surface area contributed by atoms with Crippen LogP contribution in [0.2, 0.25) is 0 Å². The number of nitrogens with zero attached hydrogens (tertiary/aromatic N) is 2. The van der Waals surface area contributed by atoms with Crippen molar-refractivity contribution in [2.45, 2.75) is 0 Å². The van der Waals surface area contributed by atoms with E-state index in [1.807, 2.05) is 0 Å². The summed E-state index contributed by atoms with van der Waals surface area (Å²) in [6.07, 6.45) is 5.50. The highest BCUT2D eigenvalue weighted by Crippen LogP contribution is 2.12. The first-order chi connectivity index (χ1) is 7.81. The summed E-state index contributed by atoms with van der Waals surface area (Å²) in [7, 11) is 0. The van der Waals surface area contributed by atoms with Gasteiger partial charge >= 0.3 is 0 Å². The number of anilines is 2. The normalized spacial score (nSPS) is 9.75. The largest absolute Gasteiger partial charge is 0.338 e. The van der Waals surface area contributed by atoms with Crippen molar-refractivity contribution in [3.05, 3.63) is 46.8 Å². The molecule has 6 heteroatoms. The van der Waals surface area contributed by atoms with Gasteiger partial charge in [-0.15, -0.1) is 0 Å². The third-order valence-corrected chi connectivity index (χ3v) is 1.96. The van der Waals surface area contributed by atoms with Gasteiger partial charge in [-0.3, -0.25) is 9.78 Å². The minimum absolute atomic E-state index is 0.186. The Morgan fingerprint density at radius 3 is 3.06 bits per heavy atom. The van der Waals surface area contributed by atoms with Crippen LogP contribution >= 0.6 is 0 Å². The molecule has 0 fully saturated rings. The van der Waals surface area contributed by atoms with Gasteiger partial charge in [-0.05, 0) is 12.1 Å². The van der Waals surface area contributed by atoms with E-state index in [-0.39, 0.29) is 11.1 Å². The van der Waals surface area contributed by atoms with Gasteiger partial charge in [0, 0.05) is 12.4 Å². The van der Waals surface area contributed by atoms with Crippen LogP contribution in [0, 0.1) is 5.41 Å². The smallest absolute Gasteiger partial charge is 0.261 e. The molecule has 2 heterocycles. The highest BCUT2D eigenvalue weighted by molar-refractivity contribution is 5.84. The van der Waals surface area contributed by atoms with Gasteiger partial charge < -0.3 is 15.7 Å². The lowest BCUT2D eigenvalue weighted by atomic mass is 10.3. The van der Waals surface area contributed by atoms with Crippen LogP contribution in [0.4, 0.5) is 11.5 Å². The molecule has 2 rings (SSSR count). The van der Waals surface area contributed by atoms with Crippen LogP contribution in [0.25, 0.3) is 0 Å². The summed E-state index contributed by atoms with van der Waals surface area (Å²) in [6.45, 7) is 0. The van der Waals surface area contributed by atoms with Crippen LogP contribution in [0.3, 0.4) is 0 Å². The van der Waals surface area contributed by atoms with Crippen LogP contribution < -0.4 is 10.9 Å². The molecule has 3 N–H and O–H groups in total. The molecule has 2 aromatic rings. The quantitative estimate of drug-likeness (QED) is 0.663. The summed E-state index contributed by atoms with van der Waals surface area (Å²) in [5.41, 5.74) is 0.548. The Morgan fingerprint density at radius 2 is 2.38 bits per heavy atom. The van der Waals surface area contributed by atoms with Crippen LogP contribution in [0.5, 0.6) is 0 Å². The summed E-state index contributed by atoms with van der Waals surface area (Å²) in [5.74, 6) is 0.340. The van der Waals surface area contributed by atoms with Gasteiger partial charge in [-0.2, -0.15) is 0 Å². The molecule has 0 aromatic carbocycles. The molecule has 80 valence electrons. The van der Waals surface area contributed by atoms with Crippen LogP contribution in [0.15, 0.2) is 35.6 Å². The molecule has 0 radical (unpaired) electrons. The zero-order valence-electron chi connectivity index (χ0n) is 8.27. The molecule has 6 nitrogen and oxygen atoms in total. The van der Waals surface area contributed by atoms with Crippen molar-refractivity contribution in [1.29, 1.82) is 5.41 Å². The average Bonchev–Trinajstić information content (AvgIpc) is 2.31. The number of rotatable bonds is 3. The molecule has 0 unspecified atom stereocenters. The van der Waals surface area contributed by atoms with E-state index in [0.29, 0.717) is 11.5 Å². The predicted molar refractivity (Wildman–Crippen MR) is 60.3 cm³/mol. The third-order valence-electron chi connectivity index (χ3n) is 1.96. The maximum absolute atomic E-state index is 11.4. The van der Waals surface area contributed by atoms with E-state index >= 15 is 0 Å². The monoisotopic (exact) mass is 215 g/mol. The zero-order valence-corrected chi connectivity index (χ0v) is 8.27. The molecule has 0 aliphatic heterocycles. The van der Waals surface area contributed by atoms with E-state index in [1.54, 1.807) is 24.5 Å². The van der Waals surface area contributed by atoms with E-state index in [0.717, 1.165) is 6.21 Å². The van der Waals surface area contributed by atoms with Crippen molar-refractivity contribution in [3.63, 3.8) is 0 Å². The molecule has 0 bridgehead atoms. The maximum Gasteiger partial charge on any atom is 0.261 e. The average molecular weight is 215 g/mol. The fraction of sp³-hybridized carbons (Fsp3) is 0. The standard InChI is InChI=1S/C10H9N5O/c11-4-8-9(13-6-14-10(8)16)15-7-2-1-3-12-5-7/h1-6,11H,(H2,13,14,15,16). The van der Waals surface area contributed by atoms with Crippen molar-refractivity contribution in [2.75, 3.05) is 5.32 Å². The minimum Gasteiger partial charge on any atom is -0.338 e. The lowest BCUT2D eigenvalue weighted by Crippen LogP contribution is -2.15. The van der Waals surface area contributed by atoms with Gasteiger partial charge in [-0.25, -0.2) is 4.98 Å². The summed E-state index contributed by atoms with van der Waals surface area (Å²) in [6, 6.07) is 3.56. The van der Waals surface area contributed by atoms with E-state index in [4.69, 9.17) is 5.41 Å². The van der Waals surface area contributed by atoms with Crippen molar-refractivity contribution in [3.8, 4) is 0 Å². The number of hydrogen-bond acceptors (Lipinski definition) is 5. The second-order valence-corrected chi connectivity index (χ2v) is 3.00. The Bertz CT molecular complexity index is 549. The van der Waals surface area contributed by atoms with Gasteiger partial charge in [0.15, 0.2) is 0 Å². The van der Waals surface area contributed by atoms with Gasteiger partial charge in [0.1, 0.15) is 5.82 Å². The summed E-state index contributed by atoms with van der Waals surface area (Å²) < 4.78 is 0. The van der Waals surface area contributed by atoms with Crippen molar-refractivity contribution >= 4 is 17.7 Å². The van der Waals surface area contributed by atoms with Crippen LogP contribution in [-0.4, -0.2) is 21.2 Å². The zero-order chi connectivity index (χ0) is 11.4. The first kappa shape index (κ1) is 10.0. The van der Waals surface area contributed by atoms with E-state index in [2.05, 4.69) is 20.3 Å². The second-order valence-electron chi connectivity index (χ2n) is 3.00. The number of pyridine rings is 1.